The largest absolute Gasteiger partial charge is 0.465 e. The van der Waals surface area contributed by atoms with Crippen molar-refractivity contribution in [3.8, 4) is 0 Å². The van der Waals surface area contributed by atoms with Gasteiger partial charge in [0.25, 0.3) is 15.9 Å². The van der Waals surface area contributed by atoms with Crippen molar-refractivity contribution < 1.29 is 17.6 Å². The van der Waals surface area contributed by atoms with Gasteiger partial charge in [0.2, 0.25) is 0 Å². The standard InChI is InChI=1S/C23H16N4O4S2/c28-22-20(15-18-7-4-13-31-18)25-21(16-5-2-1-3-6-16)27(22)17-8-10-19(11-9-17)33(29,30)26-23-24-12-14-32-23/h1-15H,(H,24,26)/b20-15-. The summed E-state index contributed by atoms with van der Waals surface area (Å²) < 4.78 is 33.0. The lowest BCUT2D eigenvalue weighted by Gasteiger charge is -2.19. The third kappa shape index (κ3) is 4.21. The number of sulfonamides is 1. The summed E-state index contributed by atoms with van der Waals surface area (Å²) in [6.07, 6.45) is 4.61. The average Bonchev–Trinajstić information content (AvgIpc) is 3.58. The quantitative estimate of drug-likeness (QED) is 0.416. The Hall–Kier alpha value is -4.02. The summed E-state index contributed by atoms with van der Waals surface area (Å²) in [6.45, 7) is 0. The minimum atomic E-state index is -3.81. The Bertz CT molecular complexity index is 1440. The molecule has 0 atom stereocenters. The van der Waals surface area contributed by atoms with Crippen molar-refractivity contribution in [2.24, 2.45) is 4.99 Å². The van der Waals surface area contributed by atoms with E-state index >= 15 is 0 Å². The lowest BCUT2D eigenvalue weighted by Crippen LogP contribution is -2.32. The van der Waals surface area contributed by atoms with Gasteiger partial charge in [-0.3, -0.25) is 14.4 Å². The number of amidine groups is 1. The maximum Gasteiger partial charge on any atom is 0.282 e. The first kappa shape index (κ1) is 20.9. The Balaban J connectivity index is 1.50. The van der Waals surface area contributed by atoms with Gasteiger partial charge in [0.05, 0.1) is 16.8 Å². The van der Waals surface area contributed by atoms with E-state index in [1.807, 2.05) is 30.3 Å². The van der Waals surface area contributed by atoms with Crippen LogP contribution in [0.25, 0.3) is 6.08 Å². The zero-order valence-electron chi connectivity index (χ0n) is 17.0. The first-order valence-electron chi connectivity index (χ1n) is 9.77. The Morgan fingerprint density at radius 1 is 1.00 bits per heavy atom. The molecule has 8 nitrogen and oxygen atoms in total. The lowest BCUT2D eigenvalue weighted by molar-refractivity contribution is -0.113. The third-order valence-corrected chi connectivity index (χ3v) is 6.95. The van der Waals surface area contributed by atoms with Crippen LogP contribution < -0.4 is 9.62 Å². The Labute approximate surface area is 193 Å². The van der Waals surface area contributed by atoms with Crippen molar-refractivity contribution >= 4 is 50.0 Å². The van der Waals surface area contributed by atoms with Crippen LogP contribution in [-0.4, -0.2) is 25.1 Å². The molecule has 0 unspecified atom stereocenters. The number of thiazole rings is 1. The van der Waals surface area contributed by atoms with Gasteiger partial charge in [-0.05, 0) is 36.4 Å². The highest BCUT2D eigenvalue weighted by molar-refractivity contribution is 7.93. The van der Waals surface area contributed by atoms with E-state index in [9.17, 15) is 13.2 Å². The number of nitrogens with one attached hydrogen (secondary N) is 1. The Morgan fingerprint density at radius 3 is 2.45 bits per heavy atom. The monoisotopic (exact) mass is 476 g/mol. The van der Waals surface area contributed by atoms with Crippen LogP contribution in [0.4, 0.5) is 10.8 Å². The van der Waals surface area contributed by atoms with Gasteiger partial charge in [-0.2, -0.15) is 0 Å². The maximum atomic E-state index is 13.3. The van der Waals surface area contributed by atoms with Gasteiger partial charge in [-0.1, -0.05) is 30.3 Å². The highest BCUT2D eigenvalue weighted by atomic mass is 32.2. The van der Waals surface area contributed by atoms with Gasteiger partial charge in [0, 0.05) is 23.2 Å². The van der Waals surface area contributed by atoms with E-state index < -0.39 is 10.0 Å². The van der Waals surface area contributed by atoms with E-state index in [1.165, 1.54) is 40.8 Å². The van der Waals surface area contributed by atoms with Gasteiger partial charge in [-0.15, -0.1) is 11.3 Å². The molecular formula is C23H16N4O4S2. The highest BCUT2D eigenvalue weighted by Gasteiger charge is 2.33. The molecule has 2 aromatic carbocycles. The Kier molecular flexibility index (Phi) is 5.37. The van der Waals surface area contributed by atoms with E-state index in [2.05, 4.69) is 14.7 Å². The van der Waals surface area contributed by atoms with E-state index in [4.69, 9.17) is 4.42 Å². The number of aliphatic imine (C=N–C) groups is 1. The SMILES string of the molecule is O=C1/C(=C/c2ccco2)N=C(c2ccccc2)N1c1ccc(S(=O)(=O)Nc2nccs2)cc1. The first-order valence-corrected chi connectivity index (χ1v) is 12.1. The fraction of sp³-hybridized carbons (Fsp3) is 0. The van der Waals surface area contributed by atoms with Gasteiger partial charge >= 0.3 is 0 Å². The van der Waals surface area contributed by atoms with Crippen LogP contribution in [0.2, 0.25) is 0 Å². The number of anilines is 2. The zero-order valence-corrected chi connectivity index (χ0v) is 18.6. The second-order valence-corrected chi connectivity index (χ2v) is 9.50. The van der Waals surface area contributed by atoms with Crippen molar-refractivity contribution in [2.75, 3.05) is 9.62 Å². The molecule has 0 aliphatic carbocycles. The summed E-state index contributed by atoms with van der Waals surface area (Å²) in [7, 11) is -3.81. The lowest BCUT2D eigenvalue weighted by atomic mass is 10.2. The number of hydrogen-bond acceptors (Lipinski definition) is 7. The summed E-state index contributed by atoms with van der Waals surface area (Å²) in [4.78, 5) is 23.3. The number of hydrogen-bond donors (Lipinski definition) is 1. The van der Waals surface area contributed by atoms with Gasteiger partial charge in [0.15, 0.2) is 5.13 Å². The molecule has 5 rings (SSSR count). The van der Waals surface area contributed by atoms with Crippen molar-refractivity contribution in [2.45, 2.75) is 4.90 Å². The molecule has 3 heterocycles. The van der Waals surface area contributed by atoms with E-state index in [0.717, 1.165) is 5.56 Å². The van der Waals surface area contributed by atoms with Crippen molar-refractivity contribution in [1.29, 1.82) is 0 Å². The number of nitrogens with zero attached hydrogens (tertiary/aromatic N) is 3. The summed E-state index contributed by atoms with van der Waals surface area (Å²) in [6, 6.07) is 18.8. The predicted octanol–water partition coefficient (Wildman–Crippen LogP) is 4.37. The molecule has 1 aliphatic heterocycles. The van der Waals surface area contributed by atoms with Crippen LogP contribution in [-0.2, 0) is 14.8 Å². The summed E-state index contributed by atoms with van der Waals surface area (Å²) >= 11 is 1.18. The molecule has 1 amide bonds. The van der Waals surface area contributed by atoms with E-state index in [1.54, 1.807) is 35.7 Å². The molecule has 1 N–H and O–H groups in total. The number of aromatic nitrogens is 1. The first-order chi connectivity index (χ1) is 16.0. The highest BCUT2D eigenvalue weighted by Crippen LogP contribution is 2.29. The number of carbonyl (C=O) groups excluding carboxylic acids is 1. The summed E-state index contributed by atoms with van der Waals surface area (Å²) in [5.74, 6) is 0.600. The molecule has 4 aromatic rings. The Morgan fingerprint density at radius 2 is 1.79 bits per heavy atom. The van der Waals surface area contributed by atoms with Crippen LogP contribution in [0.1, 0.15) is 11.3 Å². The number of furan rings is 1. The zero-order chi connectivity index (χ0) is 22.8. The molecule has 0 saturated heterocycles. The van der Waals surface area contributed by atoms with Crippen molar-refractivity contribution in [1.82, 2.24) is 4.98 Å². The molecule has 0 radical (unpaired) electrons. The third-order valence-electron chi connectivity index (χ3n) is 4.77. The molecular weight excluding hydrogens is 460 g/mol. The molecule has 0 spiro atoms. The maximum absolute atomic E-state index is 13.3. The number of rotatable bonds is 6. The minimum absolute atomic E-state index is 0.0534. The predicted molar refractivity (Wildman–Crippen MR) is 127 cm³/mol. The van der Waals surface area contributed by atoms with E-state index in [0.29, 0.717) is 17.3 Å². The van der Waals surface area contributed by atoms with Crippen LogP contribution in [0.15, 0.2) is 105 Å². The van der Waals surface area contributed by atoms with Crippen molar-refractivity contribution in [3.63, 3.8) is 0 Å². The molecule has 0 bridgehead atoms. The average molecular weight is 477 g/mol. The molecule has 1 aliphatic rings. The van der Waals surface area contributed by atoms with Gasteiger partial charge in [0.1, 0.15) is 17.3 Å². The van der Waals surface area contributed by atoms with Crippen LogP contribution >= 0.6 is 11.3 Å². The molecule has 2 aromatic heterocycles. The van der Waals surface area contributed by atoms with Crippen molar-refractivity contribution in [3.05, 3.63) is 102 Å². The molecule has 10 heteroatoms. The van der Waals surface area contributed by atoms with E-state index in [-0.39, 0.29) is 21.6 Å². The summed E-state index contributed by atoms with van der Waals surface area (Å²) in [5.41, 5.74) is 1.44. The molecule has 164 valence electrons. The topological polar surface area (TPSA) is 105 Å². The molecule has 0 saturated carbocycles. The number of benzene rings is 2. The normalized spacial score (nSPS) is 15.2. The minimum Gasteiger partial charge on any atom is -0.465 e. The second kappa shape index (κ2) is 8.49. The summed E-state index contributed by atoms with van der Waals surface area (Å²) in [5, 5.41) is 1.96. The van der Waals surface area contributed by atoms with Gasteiger partial charge in [-0.25, -0.2) is 18.4 Å². The molecule has 33 heavy (non-hydrogen) atoms. The second-order valence-electron chi connectivity index (χ2n) is 6.92. The van der Waals surface area contributed by atoms with Crippen LogP contribution in [0, 0.1) is 0 Å². The molecule has 0 fully saturated rings. The fourth-order valence-corrected chi connectivity index (χ4v) is 5.06. The smallest absolute Gasteiger partial charge is 0.282 e. The van der Waals surface area contributed by atoms with Crippen LogP contribution in [0.5, 0.6) is 0 Å². The number of amides is 1. The fourth-order valence-electron chi connectivity index (χ4n) is 3.27. The van der Waals surface area contributed by atoms with Gasteiger partial charge < -0.3 is 4.42 Å². The number of carbonyl (C=O) groups is 1. The van der Waals surface area contributed by atoms with Crippen LogP contribution in [0.3, 0.4) is 0 Å².